The fourth-order valence-corrected chi connectivity index (χ4v) is 1.52. The van der Waals surface area contributed by atoms with Crippen molar-refractivity contribution in [2.45, 2.75) is 13.2 Å². The van der Waals surface area contributed by atoms with E-state index in [0.717, 1.165) is 0 Å². The molecule has 94 valence electrons. The number of rotatable bonds is 4. The standard InChI is InChI=1S/C12H12FN3O2/c13-9-1-3-10(4-2-9)15-12(18)7-16-6-5-14-11(16)8-17/h1-6,17H,7-8H2,(H,15,18). The molecule has 0 spiro atoms. The zero-order chi connectivity index (χ0) is 13.0. The Morgan fingerprint density at radius 2 is 2.11 bits per heavy atom. The molecule has 2 N–H and O–H groups in total. The lowest BCUT2D eigenvalue weighted by atomic mass is 10.3. The number of benzene rings is 1. The normalized spacial score (nSPS) is 10.3. The van der Waals surface area contributed by atoms with Gasteiger partial charge in [0.05, 0.1) is 0 Å². The molecule has 6 heteroatoms. The number of nitrogens with one attached hydrogen (secondary N) is 1. The number of hydrogen-bond acceptors (Lipinski definition) is 3. The van der Waals surface area contributed by atoms with Gasteiger partial charge in [-0.2, -0.15) is 0 Å². The van der Waals surface area contributed by atoms with E-state index in [-0.39, 0.29) is 24.9 Å². The molecule has 0 aliphatic heterocycles. The lowest BCUT2D eigenvalue weighted by Crippen LogP contribution is -2.19. The van der Waals surface area contributed by atoms with Crippen molar-refractivity contribution < 1.29 is 14.3 Å². The van der Waals surface area contributed by atoms with E-state index >= 15 is 0 Å². The first kappa shape index (κ1) is 12.3. The highest BCUT2D eigenvalue weighted by atomic mass is 19.1. The second-order valence-corrected chi connectivity index (χ2v) is 3.68. The minimum atomic E-state index is -0.356. The summed E-state index contributed by atoms with van der Waals surface area (Å²) in [7, 11) is 0. The van der Waals surface area contributed by atoms with E-state index in [1.54, 1.807) is 10.8 Å². The van der Waals surface area contributed by atoms with Gasteiger partial charge in [-0.05, 0) is 24.3 Å². The van der Waals surface area contributed by atoms with Crippen LogP contribution in [-0.2, 0) is 17.9 Å². The number of aliphatic hydroxyl groups excluding tert-OH is 1. The summed E-state index contributed by atoms with van der Waals surface area (Å²) in [6.45, 7) is -0.176. The van der Waals surface area contributed by atoms with E-state index in [1.165, 1.54) is 30.5 Å². The molecule has 0 saturated carbocycles. The Morgan fingerprint density at radius 3 is 2.78 bits per heavy atom. The van der Waals surface area contributed by atoms with Gasteiger partial charge in [-0.25, -0.2) is 9.37 Å². The fourth-order valence-electron chi connectivity index (χ4n) is 1.52. The molecule has 1 amide bonds. The van der Waals surface area contributed by atoms with Crippen molar-refractivity contribution >= 4 is 11.6 Å². The average Bonchev–Trinajstić information content (AvgIpc) is 2.79. The monoisotopic (exact) mass is 249 g/mol. The van der Waals surface area contributed by atoms with Crippen LogP contribution in [0.3, 0.4) is 0 Å². The molecule has 2 aromatic rings. The highest BCUT2D eigenvalue weighted by Crippen LogP contribution is 2.08. The Hall–Kier alpha value is -2.21. The molecule has 0 unspecified atom stereocenters. The number of hydrogen-bond donors (Lipinski definition) is 2. The summed E-state index contributed by atoms with van der Waals surface area (Å²) < 4.78 is 14.2. The smallest absolute Gasteiger partial charge is 0.244 e. The Bertz CT molecular complexity index is 537. The Kier molecular flexibility index (Phi) is 3.69. The largest absolute Gasteiger partial charge is 0.388 e. The van der Waals surface area contributed by atoms with Crippen LogP contribution in [0.5, 0.6) is 0 Å². The molecule has 0 aliphatic rings. The van der Waals surface area contributed by atoms with E-state index in [4.69, 9.17) is 5.11 Å². The van der Waals surface area contributed by atoms with E-state index in [2.05, 4.69) is 10.3 Å². The summed E-state index contributed by atoms with van der Waals surface area (Å²) in [6, 6.07) is 5.50. The van der Waals surface area contributed by atoms with Crippen molar-refractivity contribution in [2.75, 3.05) is 5.32 Å². The van der Waals surface area contributed by atoms with Crippen LogP contribution in [0.4, 0.5) is 10.1 Å². The third kappa shape index (κ3) is 2.92. The molecule has 1 aromatic heterocycles. The van der Waals surface area contributed by atoms with Crippen LogP contribution in [0, 0.1) is 5.82 Å². The van der Waals surface area contributed by atoms with Crippen LogP contribution in [0.25, 0.3) is 0 Å². The minimum Gasteiger partial charge on any atom is -0.388 e. The highest BCUT2D eigenvalue weighted by molar-refractivity contribution is 5.90. The molecule has 0 fully saturated rings. The lowest BCUT2D eigenvalue weighted by Gasteiger charge is -2.07. The third-order valence-electron chi connectivity index (χ3n) is 2.39. The SMILES string of the molecule is O=C(Cn1ccnc1CO)Nc1ccc(F)cc1. The van der Waals surface area contributed by atoms with Crippen LogP contribution in [0.2, 0.25) is 0 Å². The lowest BCUT2D eigenvalue weighted by molar-refractivity contribution is -0.116. The highest BCUT2D eigenvalue weighted by Gasteiger charge is 2.07. The van der Waals surface area contributed by atoms with Crippen molar-refractivity contribution in [1.82, 2.24) is 9.55 Å². The molecule has 0 atom stereocenters. The van der Waals surface area contributed by atoms with Gasteiger partial charge in [-0.3, -0.25) is 4.79 Å². The summed E-state index contributed by atoms with van der Waals surface area (Å²) in [4.78, 5) is 15.6. The molecule has 18 heavy (non-hydrogen) atoms. The maximum absolute atomic E-state index is 12.7. The van der Waals surface area contributed by atoms with Crippen molar-refractivity contribution in [3.63, 3.8) is 0 Å². The number of amides is 1. The molecular formula is C12H12FN3O2. The first-order valence-electron chi connectivity index (χ1n) is 5.35. The van der Waals surface area contributed by atoms with Gasteiger partial charge in [0.1, 0.15) is 24.8 Å². The molecule has 5 nitrogen and oxygen atoms in total. The maximum Gasteiger partial charge on any atom is 0.244 e. The second-order valence-electron chi connectivity index (χ2n) is 3.68. The van der Waals surface area contributed by atoms with Crippen molar-refractivity contribution in [3.8, 4) is 0 Å². The number of nitrogens with zero attached hydrogens (tertiary/aromatic N) is 2. The number of anilines is 1. The number of halogens is 1. The van der Waals surface area contributed by atoms with Crippen LogP contribution >= 0.6 is 0 Å². The van der Waals surface area contributed by atoms with E-state index in [0.29, 0.717) is 11.5 Å². The van der Waals surface area contributed by atoms with Gasteiger partial charge in [0, 0.05) is 18.1 Å². The predicted octanol–water partition coefficient (Wildman–Crippen LogP) is 1.15. The first-order chi connectivity index (χ1) is 8.69. The summed E-state index contributed by atoms with van der Waals surface area (Å²) in [6.07, 6.45) is 3.12. The van der Waals surface area contributed by atoms with Gasteiger partial charge < -0.3 is 15.0 Å². The van der Waals surface area contributed by atoms with Crippen LogP contribution in [-0.4, -0.2) is 20.6 Å². The molecule has 0 saturated heterocycles. The van der Waals surface area contributed by atoms with Crippen LogP contribution in [0.15, 0.2) is 36.7 Å². The van der Waals surface area contributed by atoms with E-state index in [9.17, 15) is 9.18 Å². The van der Waals surface area contributed by atoms with Gasteiger partial charge in [-0.15, -0.1) is 0 Å². The third-order valence-corrected chi connectivity index (χ3v) is 2.39. The Balaban J connectivity index is 1.99. The van der Waals surface area contributed by atoms with Crippen molar-refractivity contribution in [2.24, 2.45) is 0 Å². The molecule has 2 rings (SSSR count). The van der Waals surface area contributed by atoms with Gasteiger partial charge in [0.2, 0.25) is 5.91 Å². The molecular weight excluding hydrogens is 237 g/mol. The molecule has 1 aromatic carbocycles. The number of aromatic nitrogens is 2. The number of aliphatic hydroxyl groups is 1. The molecule has 0 bridgehead atoms. The summed E-state index contributed by atoms with van der Waals surface area (Å²) in [5, 5.41) is 11.6. The van der Waals surface area contributed by atoms with Gasteiger partial charge >= 0.3 is 0 Å². The minimum absolute atomic E-state index is 0.0489. The average molecular weight is 249 g/mol. The fraction of sp³-hybridized carbons (Fsp3) is 0.167. The number of carbonyl (C=O) groups is 1. The van der Waals surface area contributed by atoms with E-state index in [1.807, 2.05) is 0 Å². The summed E-state index contributed by atoms with van der Waals surface area (Å²) in [5.74, 6) is -0.205. The Morgan fingerprint density at radius 1 is 1.39 bits per heavy atom. The van der Waals surface area contributed by atoms with Crippen molar-refractivity contribution in [1.29, 1.82) is 0 Å². The zero-order valence-corrected chi connectivity index (χ0v) is 9.51. The number of carbonyl (C=O) groups excluding carboxylic acids is 1. The molecule has 0 radical (unpaired) electrons. The predicted molar refractivity (Wildman–Crippen MR) is 63.2 cm³/mol. The van der Waals surface area contributed by atoms with Gasteiger partial charge in [-0.1, -0.05) is 0 Å². The summed E-state index contributed by atoms with van der Waals surface area (Å²) in [5.41, 5.74) is 0.520. The topological polar surface area (TPSA) is 67.2 Å². The molecule has 1 heterocycles. The molecule has 0 aliphatic carbocycles. The van der Waals surface area contributed by atoms with Gasteiger partial charge in [0.25, 0.3) is 0 Å². The van der Waals surface area contributed by atoms with E-state index < -0.39 is 0 Å². The van der Waals surface area contributed by atoms with Gasteiger partial charge in [0.15, 0.2) is 0 Å². The second kappa shape index (κ2) is 5.42. The Labute approximate surface area is 103 Å². The zero-order valence-electron chi connectivity index (χ0n) is 9.51. The van der Waals surface area contributed by atoms with Crippen LogP contribution < -0.4 is 5.32 Å². The summed E-state index contributed by atoms with van der Waals surface area (Å²) >= 11 is 0. The van der Waals surface area contributed by atoms with Crippen molar-refractivity contribution in [3.05, 3.63) is 48.3 Å². The van der Waals surface area contributed by atoms with Crippen LogP contribution in [0.1, 0.15) is 5.82 Å². The first-order valence-corrected chi connectivity index (χ1v) is 5.35. The maximum atomic E-state index is 12.7. The quantitative estimate of drug-likeness (QED) is 0.854. The number of imidazole rings is 1.